The van der Waals surface area contributed by atoms with Crippen molar-refractivity contribution in [1.29, 1.82) is 0 Å². The molecule has 29 nitrogen and oxygen atoms in total. The largest absolute Gasteiger partial charge is 0.494 e. The van der Waals surface area contributed by atoms with Gasteiger partial charge in [-0.05, 0) is 86.2 Å². The highest BCUT2D eigenvalue weighted by Crippen LogP contribution is 2.26. The summed E-state index contributed by atoms with van der Waals surface area (Å²) in [6.07, 6.45) is 1.36. The van der Waals surface area contributed by atoms with Crippen molar-refractivity contribution in [1.82, 2.24) is 50.6 Å². The molecule has 0 bridgehead atoms. The van der Waals surface area contributed by atoms with Gasteiger partial charge in [0.1, 0.15) is 29.4 Å². The van der Waals surface area contributed by atoms with Crippen molar-refractivity contribution in [3.8, 4) is 5.75 Å². The van der Waals surface area contributed by atoms with Crippen LogP contribution in [0.3, 0.4) is 0 Å². The summed E-state index contributed by atoms with van der Waals surface area (Å²) in [7, 11) is -9.30. The molecule has 1 aromatic heterocycles. The van der Waals surface area contributed by atoms with Crippen molar-refractivity contribution in [2.75, 3.05) is 116 Å². The van der Waals surface area contributed by atoms with Gasteiger partial charge in [-0.2, -0.15) is 13.1 Å². The zero-order valence-electron chi connectivity index (χ0n) is 44.9. The van der Waals surface area contributed by atoms with Crippen LogP contribution < -0.4 is 36.5 Å². The number of sulfonamides is 1. The first-order valence-electron chi connectivity index (χ1n) is 25.6. The Hall–Kier alpha value is -7.39. The predicted octanol–water partition coefficient (Wildman–Crippen LogP) is -2.53. The van der Waals surface area contributed by atoms with Gasteiger partial charge in [0.15, 0.2) is 0 Å². The smallest absolute Gasteiger partial charge is 0.323 e. The number of anilines is 1. The van der Waals surface area contributed by atoms with Gasteiger partial charge in [-0.1, -0.05) is 18.2 Å². The molecule has 3 aromatic rings. The number of carboxylic acids is 4. The van der Waals surface area contributed by atoms with E-state index in [2.05, 4.69) is 31.0 Å². The summed E-state index contributed by atoms with van der Waals surface area (Å²) in [5.41, 5.74) is 8.13. The van der Waals surface area contributed by atoms with Gasteiger partial charge in [-0.15, -0.1) is 0 Å². The van der Waals surface area contributed by atoms with E-state index in [0.717, 1.165) is 11.3 Å². The molecule has 1 aliphatic rings. The molecule has 31 heteroatoms. The number of nitrogens with zero attached hydrogens (tertiary/aromatic N) is 5. The van der Waals surface area contributed by atoms with Crippen LogP contribution >= 0.6 is 0 Å². The zero-order valence-corrected chi connectivity index (χ0v) is 46.5. The van der Waals surface area contributed by atoms with Crippen molar-refractivity contribution in [2.45, 2.75) is 56.5 Å². The van der Waals surface area contributed by atoms with Crippen LogP contribution in [0.5, 0.6) is 5.75 Å². The van der Waals surface area contributed by atoms with E-state index in [1.54, 1.807) is 46.2 Å². The molecule has 4 rings (SSSR count). The fraction of sp³-hybridized carbons (Fsp3) is 0.500. The molecule has 1 aliphatic heterocycles. The van der Waals surface area contributed by atoms with Gasteiger partial charge in [0.25, 0.3) is 16.0 Å². The molecule has 12 N–H and O–H groups in total. The van der Waals surface area contributed by atoms with Gasteiger partial charge in [0.05, 0.1) is 37.7 Å². The number of aromatic nitrogens is 1. The van der Waals surface area contributed by atoms with Crippen molar-refractivity contribution >= 4 is 73.5 Å². The number of nitrogen functional groups attached to an aromatic ring is 1. The molecule has 0 aliphatic carbocycles. The van der Waals surface area contributed by atoms with Crippen LogP contribution in [0.4, 0.5) is 5.82 Å². The predicted molar refractivity (Wildman–Crippen MR) is 290 cm³/mol. The quantitative estimate of drug-likeness (QED) is 0.0242. The van der Waals surface area contributed by atoms with E-state index >= 15 is 0 Å². The Bertz CT molecular complexity index is 2860. The van der Waals surface area contributed by atoms with Crippen LogP contribution in [0.2, 0.25) is 0 Å². The normalized spacial score (nSPS) is 15.2. The number of aryl methyl sites for hydroxylation is 4. The van der Waals surface area contributed by atoms with E-state index in [-0.39, 0.29) is 119 Å². The Labute approximate surface area is 468 Å². The number of carbonyl (C=O) groups excluding carboxylic acids is 4. The minimum Gasteiger partial charge on any atom is -0.494 e. The van der Waals surface area contributed by atoms with E-state index in [0.29, 0.717) is 18.7 Å². The highest BCUT2D eigenvalue weighted by atomic mass is 32.2. The Morgan fingerprint density at radius 2 is 1.19 bits per heavy atom. The van der Waals surface area contributed by atoms with Crippen LogP contribution in [-0.4, -0.2) is 237 Å². The first-order chi connectivity index (χ1) is 38.2. The number of amides is 4. The second-order valence-electron chi connectivity index (χ2n) is 19.1. The van der Waals surface area contributed by atoms with E-state index in [1.165, 1.54) is 35.8 Å². The first-order valence-corrected chi connectivity index (χ1v) is 28.7. The van der Waals surface area contributed by atoms with Crippen LogP contribution in [0.1, 0.15) is 45.6 Å². The summed E-state index contributed by atoms with van der Waals surface area (Å²) in [5.74, 6) is -8.50. The Balaban J connectivity index is 1.23. The van der Waals surface area contributed by atoms with Gasteiger partial charge >= 0.3 is 23.9 Å². The van der Waals surface area contributed by atoms with Gasteiger partial charge in [0, 0.05) is 89.7 Å². The molecule has 0 spiro atoms. The second kappa shape index (κ2) is 32.2. The molecule has 0 radical (unpaired) electrons. The number of carbonyl (C=O) groups is 8. The highest BCUT2D eigenvalue weighted by Gasteiger charge is 2.30. The van der Waals surface area contributed by atoms with Crippen molar-refractivity contribution in [3.63, 3.8) is 0 Å². The Morgan fingerprint density at radius 3 is 1.68 bits per heavy atom. The maximum atomic E-state index is 13.6. The maximum Gasteiger partial charge on any atom is 0.323 e. The Morgan fingerprint density at radius 1 is 0.667 bits per heavy atom. The monoisotopic (exact) mass is 1180 g/mol. The van der Waals surface area contributed by atoms with Gasteiger partial charge in [-0.25, -0.2) is 13.4 Å². The highest BCUT2D eigenvalue weighted by molar-refractivity contribution is 7.89. The third-order valence-corrected chi connectivity index (χ3v) is 15.0. The van der Waals surface area contributed by atoms with E-state index in [1.807, 2.05) is 6.07 Å². The number of nitrogens with two attached hydrogens (primary N) is 1. The number of rotatable bonds is 30. The molecule has 0 saturated carbocycles. The van der Waals surface area contributed by atoms with E-state index in [4.69, 9.17) is 10.5 Å². The SMILES string of the molecule is Cc1cc(OCCCC(=O)NCCNC(=O)[C@H](CS(=O)(=O)O)NC(=O)CN2CCN(CC(=O)O)CCN(CC(=O)O)CCN(CC(=O)O)CC2)cc(C)c1S(=O)(=O)N[C@@H](CNC(=O)c1ccc(CCc2cccc(N)n2)cc1)C(=O)O. The summed E-state index contributed by atoms with van der Waals surface area (Å²) < 4.78 is 68.5. The van der Waals surface area contributed by atoms with E-state index in [9.17, 15) is 80.2 Å². The molecule has 1 saturated heterocycles. The molecule has 81 heavy (non-hydrogen) atoms. The lowest BCUT2D eigenvalue weighted by molar-refractivity contribution is -0.140. The summed E-state index contributed by atoms with van der Waals surface area (Å²) in [6.45, 7) is 1.12. The molecule has 0 unspecified atom stereocenters. The lowest BCUT2D eigenvalue weighted by Gasteiger charge is -2.33. The molecule has 2 aromatic carbocycles. The Kier molecular flexibility index (Phi) is 26.2. The number of aliphatic carboxylic acids is 4. The lowest BCUT2D eigenvalue weighted by Crippen LogP contribution is -2.54. The van der Waals surface area contributed by atoms with Crippen LogP contribution in [0.15, 0.2) is 59.5 Å². The van der Waals surface area contributed by atoms with Gasteiger partial charge in [-0.3, -0.25) is 62.5 Å². The fourth-order valence-corrected chi connectivity index (χ4v) is 10.8. The number of nitrogens with one attached hydrogen (secondary N) is 5. The van der Waals surface area contributed by atoms with Crippen LogP contribution in [0, 0.1) is 13.8 Å². The van der Waals surface area contributed by atoms with Crippen molar-refractivity contribution in [2.24, 2.45) is 0 Å². The number of ether oxygens (including phenoxy) is 1. The average molecular weight is 1180 g/mol. The molecule has 4 amide bonds. The average Bonchev–Trinajstić information content (AvgIpc) is 3.41. The van der Waals surface area contributed by atoms with Gasteiger partial charge in [0.2, 0.25) is 27.7 Å². The standard InChI is InChI=1S/C50H71N11O18S2/c1-33-25-38(26-34(2)47(33)81(77,78)57-39(50(72)73)27-54-48(70)36-11-8-35(9-12-36)10-13-37-5-3-6-41(51)55-37)79-24-4-7-42(62)52-14-15-53-49(71)40(32-80(74,75)76)56-43(63)28-58-16-18-59(29-44(64)65)20-22-61(31-46(68)69)23-21-60(19-17-58)30-45(66)67/h3,5-6,8-9,11-12,25-26,39-40,57H,4,7,10,13-24,27-32H2,1-2H3,(H2,51,55)(H,52,62)(H,53,71)(H,54,70)(H,56,63)(H,64,65)(H,66,67)(H,68,69)(H,72,73)(H,74,75,76)/t39-,40-/m0/s1. The number of hydrogen-bond donors (Lipinski definition) is 11. The molecule has 446 valence electrons. The third kappa shape index (κ3) is 24.9. The maximum absolute atomic E-state index is 13.6. The zero-order chi connectivity index (χ0) is 59.9. The fourth-order valence-electron chi connectivity index (χ4n) is 8.52. The molecular weight excluding hydrogens is 1110 g/mol. The van der Waals surface area contributed by atoms with E-state index < -0.39 is 112 Å². The summed E-state index contributed by atoms with van der Waals surface area (Å²) in [6, 6.07) is 11.3. The van der Waals surface area contributed by atoms with Gasteiger partial charge < -0.3 is 52.2 Å². The first kappa shape index (κ1) is 66.1. The minimum absolute atomic E-state index is 0.000574. The molecule has 2 heterocycles. The summed E-state index contributed by atoms with van der Waals surface area (Å²) in [5, 5.41) is 48.0. The topological polar surface area (TPSA) is 427 Å². The molecular formula is C50H71N11O18S2. The minimum atomic E-state index is -4.84. The number of hydrogen-bond acceptors (Lipinski definition) is 19. The van der Waals surface area contributed by atoms with Crippen molar-refractivity contribution < 1.29 is 84.9 Å². The van der Waals surface area contributed by atoms with Crippen LogP contribution in [-0.2, 0) is 66.5 Å². The number of benzene rings is 2. The van der Waals surface area contributed by atoms with Crippen molar-refractivity contribution in [3.05, 3.63) is 82.5 Å². The molecule has 1 fully saturated rings. The third-order valence-electron chi connectivity index (χ3n) is 12.4. The number of carboxylic acid groups (broad SMARTS) is 4. The lowest BCUT2D eigenvalue weighted by atomic mass is 10.1. The summed E-state index contributed by atoms with van der Waals surface area (Å²) >= 11 is 0. The number of pyridine rings is 1. The second-order valence-corrected chi connectivity index (χ2v) is 22.3. The van der Waals surface area contributed by atoms with Crippen LogP contribution in [0.25, 0.3) is 0 Å². The molecule has 2 atom stereocenters. The summed E-state index contributed by atoms with van der Waals surface area (Å²) in [4.78, 5) is 109.